The summed E-state index contributed by atoms with van der Waals surface area (Å²) < 4.78 is 0. The Morgan fingerprint density at radius 2 is 0.750 bits per heavy atom. The van der Waals surface area contributed by atoms with Gasteiger partial charge in [0, 0.05) is 0 Å². The Hall–Kier alpha value is 1.60. The van der Waals surface area contributed by atoms with Crippen molar-refractivity contribution in [3.63, 3.8) is 0 Å². The Balaban J connectivity index is 0. The summed E-state index contributed by atoms with van der Waals surface area (Å²) >= 11 is 0. The van der Waals surface area contributed by atoms with Crippen LogP contribution in [-0.4, -0.2) is 0 Å². The molecule has 0 aromatic carbocycles. The van der Waals surface area contributed by atoms with Crippen LogP contribution < -0.4 is 51.4 Å². The minimum atomic E-state index is 0. The molecule has 0 saturated heterocycles. The van der Waals surface area contributed by atoms with Gasteiger partial charge in [-0.25, -0.2) is 0 Å². The summed E-state index contributed by atoms with van der Waals surface area (Å²) in [5, 5.41) is 0. The van der Waals surface area contributed by atoms with E-state index >= 15 is 0 Å². The van der Waals surface area contributed by atoms with Crippen molar-refractivity contribution in [1.29, 1.82) is 0 Å². The first kappa shape index (κ1) is 46.4. The monoisotopic (exact) mass is 85.0 g/mol. The van der Waals surface area contributed by atoms with Gasteiger partial charge in [0.1, 0.15) is 0 Å². The second-order valence-corrected chi connectivity index (χ2v) is 0. The van der Waals surface area contributed by atoms with E-state index in [0.717, 1.165) is 0 Å². The summed E-state index contributed by atoms with van der Waals surface area (Å²) in [6, 6.07) is 0. The first-order valence-corrected chi connectivity index (χ1v) is 0. The van der Waals surface area contributed by atoms with Gasteiger partial charge in [0.05, 0.1) is 0 Å². The van der Waals surface area contributed by atoms with E-state index in [1.54, 1.807) is 0 Å². The van der Waals surface area contributed by atoms with E-state index in [2.05, 4.69) is 0 Å². The van der Waals surface area contributed by atoms with Gasteiger partial charge in [-0.3, -0.25) is 0 Å². The molecule has 0 fully saturated rings. The Morgan fingerprint density at radius 3 is 0.750 bits per heavy atom. The summed E-state index contributed by atoms with van der Waals surface area (Å²) in [5.74, 6) is 0. The molecule has 2 heteroatoms. The van der Waals surface area contributed by atoms with Gasteiger partial charge < -0.3 is 21.0 Å². The summed E-state index contributed by atoms with van der Waals surface area (Å²) in [4.78, 5) is 0. The minimum Gasteiger partial charge on any atom is -0.693 e. The maximum absolute atomic E-state index is 0. The molecule has 0 aromatic heterocycles. The van der Waals surface area contributed by atoms with Crippen molar-refractivity contribution >= 4 is 0 Å². The van der Waals surface area contributed by atoms with E-state index in [1.165, 1.54) is 0 Å². The fourth-order valence-electron chi connectivity index (χ4n) is 0. The quantitative estimate of drug-likeness (QED) is 0.257. The molecule has 0 bridgehead atoms. The fraction of sp³-hybridized carbons (Fsp3) is 0. The van der Waals surface area contributed by atoms with Crippen molar-refractivity contribution in [3.05, 3.63) is 21.0 Å². The molecule has 0 aromatic rings. The number of hydrogen-bond donors (Lipinski definition) is 0. The predicted octanol–water partition coefficient (Wildman–Crippen LogP) is -1.38. The molecule has 0 rings (SSSR count). The van der Waals surface area contributed by atoms with Gasteiger partial charge >= 0.3 is 51.4 Å². The molecule has 0 spiro atoms. The molecule has 0 saturated carbocycles. The van der Waals surface area contributed by atoms with Crippen molar-refractivity contribution in [2.24, 2.45) is 0 Å². The third kappa shape index (κ3) is 9.51. The standard InChI is InChI=1S/2CH3.K.H2N/h2*1H3;;1H2/q2*-1;+1;-1. The first-order chi connectivity index (χ1) is 0. The molecule has 0 unspecified atom stereocenters. The van der Waals surface area contributed by atoms with Crippen LogP contribution in [0.4, 0.5) is 0 Å². The molecular weight excluding hydrogens is 77.1 g/mol. The second kappa shape index (κ2) is 23.3. The Labute approximate surface area is 71.2 Å². The zero-order chi connectivity index (χ0) is 0. The number of rotatable bonds is 0. The van der Waals surface area contributed by atoms with Crippen LogP contribution in [-0.2, 0) is 0 Å². The predicted molar refractivity (Wildman–Crippen MR) is 18.1 cm³/mol. The van der Waals surface area contributed by atoms with Crippen LogP contribution in [0.15, 0.2) is 0 Å². The van der Waals surface area contributed by atoms with Crippen molar-refractivity contribution in [1.82, 2.24) is 0 Å². The molecule has 4 heavy (non-hydrogen) atoms. The Morgan fingerprint density at radius 1 is 0.750 bits per heavy atom. The summed E-state index contributed by atoms with van der Waals surface area (Å²) in [6.45, 7) is 0. The van der Waals surface area contributed by atoms with Gasteiger partial charge in [0.15, 0.2) is 0 Å². The summed E-state index contributed by atoms with van der Waals surface area (Å²) in [6.07, 6.45) is 0. The van der Waals surface area contributed by atoms with E-state index in [1.807, 2.05) is 0 Å². The molecular formula is C2H8KN-2. The van der Waals surface area contributed by atoms with Crippen molar-refractivity contribution in [3.8, 4) is 0 Å². The third-order valence-corrected chi connectivity index (χ3v) is 0. The van der Waals surface area contributed by atoms with Crippen molar-refractivity contribution in [2.45, 2.75) is 0 Å². The molecule has 2 N–H and O–H groups in total. The van der Waals surface area contributed by atoms with Crippen LogP contribution in [0.5, 0.6) is 0 Å². The average Bonchev–Trinajstić information content (AvgIpc) is 0. The van der Waals surface area contributed by atoms with Gasteiger partial charge in [-0.2, -0.15) is 0 Å². The zero-order valence-electron chi connectivity index (χ0n) is 3.58. The molecule has 0 aliphatic carbocycles. The van der Waals surface area contributed by atoms with Crippen LogP contribution in [0.2, 0.25) is 0 Å². The molecule has 0 aliphatic heterocycles. The minimum absolute atomic E-state index is 0. The molecule has 0 amide bonds. The zero-order valence-corrected chi connectivity index (χ0v) is 6.70. The third-order valence-electron chi connectivity index (χ3n) is 0. The van der Waals surface area contributed by atoms with Gasteiger partial charge in [-0.05, 0) is 0 Å². The van der Waals surface area contributed by atoms with E-state index < -0.39 is 0 Å². The first-order valence-electron chi connectivity index (χ1n) is 0. The molecule has 0 atom stereocenters. The Bertz CT molecular complexity index is 6.00. The molecule has 0 heterocycles. The van der Waals surface area contributed by atoms with E-state index in [-0.39, 0.29) is 72.4 Å². The van der Waals surface area contributed by atoms with Gasteiger partial charge in [0.2, 0.25) is 0 Å². The summed E-state index contributed by atoms with van der Waals surface area (Å²) in [7, 11) is 0. The smallest absolute Gasteiger partial charge is 0.693 e. The van der Waals surface area contributed by atoms with Crippen molar-refractivity contribution in [2.75, 3.05) is 0 Å². The van der Waals surface area contributed by atoms with Crippen LogP contribution >= 0.6 is 0 Å². The van der Waals surface area contributed by atoms with Crippen LogP contribution in [0.1, 0.15) is 0 Å². The van der Waals surface area contributed by atoms with E-state index in [4.69, 9.17) is 0 Å². The van der Waals surface area contributed by atoms with Crippen LogP contribution in [0, 0.1) is 14.9 Å². The maximum Gasteiger partial charge on any atom is 1.00 e. The average molecular weight is 85.2 g/mol. The largest absolute Gasteiger partial charge is 1.00 e. The van der Waals surface area contributed by atoms with Crippen LogP contribution in [0.25, 0.3) is 6.15 Å². The normalized spacial score (nSPS) is 0. The van der Waals surface area contributed by atoms with E-state index in [0.29, 0.717) is 0 Å². The molecule has 1 nitrogen and oxygen atoms in total. The van der Waals surface area contributed by atoms with E-state index in [9.17, 15) is 0 Å². The molecule has 0 aliphatic rings. The SMILES string of the molecule is [CH3-].[CH3-].[K+].[NH2-]. The number of nitrogens with two attached hydrogens (primary N) is 1. The van der Waals surface area contributed by atoms with Gasteiger partial charge in [-0.15, -0.1) is 0 Å². The van der Waals surface area contributed by atoms with Crippen molar-refractivity contribution < 1.29 is 51.4 Å². The fourth-order valence-corrected chi connectivity index (χ4v) is 0. The molecule has 0 radical (unpaired) electrons. The summed E-state index contributed by atoms with van der Waals surface area (Å²) in [5.41, 5.74) is 0. The second-order valence-electron chi connectivity index (χ2n) is 0. The van der Waals surface area contributed by atoms with Gasteiger partial charge in [-0.1, -0.05) is 0 Å². The molecule has 24 valence electrons. The topological polar surface area (TPSA) is 33.5 Å². The Kier molecular flexibility index (Phi) is 271. The maximum atomic E-state index is 0. The van der Waals surface area contributed by atoms with Crippen LogP contribution in [0.3, 0.4) is 0 Å². The number of hydrogen-bond acceptors (Lipinski definition) is 0. The van der Waals surface area contributed by atoms with Gasteiger partial charge in [0.25, 0.3) is 0 Å².